The Morgan fingerprint density at radius 2 is 1.91 bits per heavy atom. The van der Waals surface area contributed by atoms with E-state index in [1.807, 2.05) is 41.2 Å². The highest BCUT2D eigenvalue weighted by molar-refractivity contribution is 6.30. The number of β-amino-alcohol motifs (C(OH)–C–C–N with tert-alkyl or cyclic N) is 1. The molecule has 0 saturated carbocycles. The van der Waals surface area contributed by atoms with E-state index in [4.69, 9.17) is 21.1 Å². The quantitative estimate of drug-likeness (QED) is 0.441. The number of nitrogens with zero attached hydrogens (tertiary/aromatic N) is 3. The van der Waals surface area contributed by atoms with E-state index in [1.54, 1.807) is 30.5 Å². The standard InChI is InChI=1S/C25H30ClN3O4/c26-21-6-2-8-23(16-21)33-19-25(31)18-28(13-9-24(25)30)17-20-5-1-7-22(15-20)32-14-4-12-29-11-3-10-27-29/h1-3,5-8,10-11,15-16,24,30-31H,4,9,12-14,17-19H2/t24-,25-/m0/s1. The van der Waals surface area contributed by atoms with Gasteiger partial charge in [0.2, 0.25) is 0 Å². The molecule has 0 amide bonds. The van der Waals surface area contributed by atoms with Crippen molar-refractivity contribution < 1.29 is 19.7 Å². The van der Waals surface area contributed by atoms with Gasteiger partial charge in [-0.3, -0.25) is 9.58 Å². The van der Waals surface area contributed by atoms with E-state index in [-0.39, 0.29) is 6.61 Å². The third-order valence-corrected chi connectivity index (χ3v) is 6.02. The molecular formula is C25H30ClN3O4. The predicted molar refractivity (Wildman–Crippen MR) is 127 cm³/mol. The molecule has 0 unspecified atom stereocenters. The van der Waals surface area contributed by atoms with Crippen molar-refractivity contribution >= 4 is 11.6 Å². The van der Waals surface area contributed by atoms with E-state index in [1.165, 1.54) is 0 Å². The largest absolute Gasteiger partial charge is 0.494 e. The van der Waals surface area contributed by atoms with Crippen molar-refractivity contribution in [2.45, 2.75) is 37.6 Å². The molecule has 0 aliphatic carbocycles. The molecule has 0 bridgehead atoms. The van der Waals surface area contributed by atoms with Crippen LogP contribution in [0.15, 0.2) is 67.0 Å². The Bertz CT molecular complexity index is 1020. The Morgan fingerprint density at radius 3 is 2.70 bits per heavy atom. The molecule has 176 valence electrons. The van der Waals surface area contributed by atoms with Gasteiger partial charge in [0.25, 0.3) is 0 Å². The van der Waals surface area contributed by atoms with Crippen LogP contribution in [0.25, 0.3) is 0 Å². The van der Waals surface area contributed by atoms with Gasteiger partial charge in [0.1, 0.15) is 23.7 Å². The fourth-order valence-electron chi connectivity index (χ4n) is 4.03. The van der Waals surface area contributed by atoms with E-state index in [9.17, 15) is 10.2 Å². The highest BCUT2D eigenvalue weighted by atomic mass is 35.5. The third-order valence-electron chi connectivity index (χ3n) is 5.79. The second kappa shape index (κ2) is 11.0. The summed E-state index contributed by atoms with van der Waals surface area (Å²) in [7, 11) is 0. The van der Waals surface area contributed by atoms with Crippen LogP contribution in [-0.2, 0) is 13.1 Å². The Labute approximate surface area is 199 Å². The monoisotopic (exact) mass is 471 g/mol. The normalized spacial score (nSPS) is 21.1. The summed E-state index contributed by atoms with van der Waals surface area (Å²) in [6.07, 6.45) is 4.21. The lowest BCUT2D eigenvalue weighted by molar-refractivity contribution is -0.140. The summed E-state index contributed by atoms with van der Waals surface area (Å²) in [5.41, 5.74) is -0.268. The number of likely N-dealkylation sites (tertiary alicyclic amines) is 1. The number of hydrogen-bond acceptors (Lipinski definition) is 6. The molecule has 1 aliphatic rings. The summed E-state index contributed by atoms with van der Waals surface area (Å²) in [6, 6.07) is 16.9. The van der Waals surface area contributed by atoms with E-state index >= 15 is 0 Å². The number of aryl methyl sites for hydroxylation is 1. The summed E-state index contributed by atoms with van der Waals surface area (Å²) < 4.78 is 13.6. The molecular weight excluding hydrogens is 442 g/mol. The zero-order valence-corrected chi connectivity index (χ0v) is 19.3. The second-order valence-corrected chi connectivity index (χ2v) is 8.92. The topological polar surface area (TPSA) is 80.0 Å². The number of rotatable bonds is 10. The third kappa shape index (κ3) is 6.71. The molecule has 1 fully saturated rings. The number of hydrogen-bond donors (Lipinski definition) is 2. The maximum atomic E-state index is 11.1. The Morgan fingerprint density at radius 1 is 1.09 bits per heavy atom. The summed E-state index contributed by atoms with van der Waals surface area (Å²) >= 11 is 6.00. The van der Waals surface area contributed by atoms with Crippen molar-refractivity contribution in [2.24, 2.45) is 0 Å². The number of aliphatic hydroxyl groups excluding tert-OH is 1. The SMILES string of the molecule is O[C@H]1CCN(Cc2cccc(OCCCn3cccn3)c2)C[C@]1(O)COc1cccc(Cl)c1. The molecule has 4 rings (SSSR count). The lowest BCUT2D eigenvalue weighted by atomic mass is 9.90. The fraction of sp³-hybridized carbons (Fsp3) is 0.400. The Kier molecular flexibility index (Phi) is 7.88. The van der Waals surface area contributed by atoms with Gasteiger partial charge in [-0.15, -0.1) is 0 Å². The number of benzene rings is 2. The average Bonchev–Trinajstić information content (AvgIpc) is 3.32. The predicted octanol–water partition coefficient (Wildman–Crippen LogP) is 3.38. The number of aliphatic hydroxyl groups is 2. The zero-order chi connectivity index (χ0) is 23.1. The second-order valence-electron chi connectivity index (χ2n) is 8.48. The molecule has 7 nitrogen and oxygen atoms in total. The minimum atomic E-state index is -1.36. The first-order valence-corrected chi connectivity index (χ1v) is 11.6. The van der Waals surface area contributed by atoms with Crippen LogP contribution in [0.1, 0.15) is 18.4 Å². The molecule has 2 atom stereocenters. The van der Waals surface area contributed by atoms with E-state index in [0.717, 1.165) is 24.3 Å². The van der Waals surface area contributed by atoms with Crippen molar-refractivity contribution in [3.8, 4) is 11.5 Å². The van der Waals surface area contributed by atoms with Crippen LogP contribution in [0.5, 0.6) is 11.5 Å². The molecule has 1 saturated heterocycles. The van der Waals surface area contributed by atoms with Crippen LogP contribution in [0.2, 0.25) is 5.02 Å². The van der Waals surface area contributed by atoms with Gasteiger partial charge < -0.3 is 19.7 Å². The highest BCUT2D eigenvalue weighted by Gasteiger charge is 2.42. The highest BCUT2D eigenvalue weighted by Crippen LogP contribution is 2.26. The molecule has 0 spiro atoms. The van der Waals surface area contributed by atoms with E-state index in [0.29, 0.717) is 43.4 Å². The maximum Gasteiger partial charge on any atom is 0.137 e. The van der Waals surface area contributed by atoms with E-state index < -0.39 is 11.7 Å². The minimum Gasteiger partial charge on any atom is -0.494 e. The van der Waals surface area contributed by atoms with Crippen LogP contribution >= 0.6 is 11.6 Å². The van der Waals surface area contributed by atoms with Gasteiger partial charge >= 0.3 is 0 Å². The summed E-state index contributed by atoms with van der Waals surface area (Å²) in [4.78, 5) is 2.13. The fourth-order valence-corrected chi connectivity index (χ4v) is 4.21. The summed E-state index contributed by atoms with van der Waals surface area (Å²) in [5, 5.41) is 26.3. The van der Waals surface area contributed by atoms with Gasteiger partial charge in [-0.05, 0) is 48.4 Å². The van der Waals surface area contributed by atoms with Crippen molar-refractivity contribution in [3.05, 3.63) is 77.6 Å². The molecule has 1 aromatic heterocycles. The lowest BCUT2D eigenvalue weighted by Crippen LogP contribution is -2.59. The Balaban J connectivity index is 1.29. The minimum absolute atomic E-state index is 0.00951. The van der Waals surface area contributed by atoms with Crippen LogP contribution < -0.4 is 9.47 Å². The number of ether oxygens (including phenoxy) is 2. The van der Waals surface area contributed by atoms with Crippen molar-refractivity contribution in [1.29, 1.82) is 0 Å². The summed E-state index contributed by atoms with van der Waals surface area (Å²) in [5.74, 6) is 1.39. The van der Waals surface area contributed by atoms with Crippen LogP contribution in [0.4, 0.5) is 0 Å². The number of aromatic nitrogens is 2. The van der Waals surface area contributed by atoms with Crippen LogP contribution in [0, 0.1) is 0 Å². The molecule has 1 aliphatic heterocycles. The van der Waals surface area contributed by atoms with Gasteiger partial charge in [-0.1, -0.05) is 29.8 Å². The molecule has 2 N–H and O–H groups in total. The average molecular weight is 472 g/mol. The molecule has 33 heavy (non-hydrogen) atoms. The Hall–Kier alpha value is -2.58. The van der Waals surface area contributed by atoms with Gasteiger partial charge in [-0.25, -0.2) is 0 Å². The molecule has 8 heteroatoms. The summed E-state index contributed by atoms with van der Waals surface area (Å²) in [6.45, 7) is 3.07. The number of piperidine rings is 1. The lowest BCUT2D eigenvalue weighted by Gasteiger charge is -2.42. The number of halogens is 1. The van der Waals surface area contributed by atoms with Gasteiger partial charge in [0.05, 0.1) is 12.7 Å². The first-order valence-electron chi connectivity index (χ1n) is 11.2. The first kappa shape index (κ1) is 23.6. The zero-order valence-electron chi connectivity index (χ0n) is 18.5. The molecule has 2 aromatic carbocycles. The van der Waals surface area contributed by atoms with Gasteiger partial charge in [0.15, 0.2) is 0 Å². The van der Waals surface area contributed by atoms with Crippen molar-refractivity contribution in [1.82, 2.24) is 14.7 Å². The maximum absolute atomic E-state index is 11.1. The van der Waals surface area contributed by atoms with Crippen molar-refractivity contribution in [3.63, 3.8) is 0 Å². The van der Waals surface area contributed by atoms with E-state index in [2.05, 4.69) is 10.00 Å². The van der Waals surface area contributed by atoms with Crippen molar-refractivity contribution in [2.75, 3.05) is 26.3 Å². The molecule has 2 heterocycles. The first-order chi connectivity index (χ1) is 16.0. The van der Waals surface area contributed by atoms with Gasteiger partial charge in [-0.2, -0.15) is 5.10 Å². The van der Waals surface area contributed by atoms with Gasteiger partial charge in [0, 0.05) is 50.0 Å². The smallest absolute Gasteiger partial charge is 0.137 e. The molecule has 3 aromatic rings. The molecule has 0 radical (unpaired) electrons. The van der Waals surface area contributed by atoms with Crippen LogP contribution in [0.3, 0.4) is 0 Å². The van der Waals surface area contributed by atoms with Crippen LogP contribution in [-0.4, -0.2) is 62.9 Å².